The van der Waals surface area contributed by atoms with Gasteiger partial charge in [-0.3, -0.25) is 0 Å². The minimum atomic E-state index is -5.51. The molecule has 0 aliphatic rings. The van der Waals surface area contributed by atoms with E-state index in [4.69, 9.17) is 0 Å². The molecule has 6 heteroatoms. The van der Waals surface area contributed by atoms with Gasteiger partial charge in [0.15, 0.2) is 0 Å². The molecule has 0 spiro atoms. The number of thioether (sulfide) groups is 1. The standard InChI is InChI=1S/C10H14F5S/c1-3-6-16-7-5-8(4-2)9(11,12)10(13,14)15/h5-6H,3-4,7H2,1-2H3/b8-5+. The summed E-state index contributed by atoms with van der Waals surface area (Å²) in [6.45, 7) is 3.15. The zero-order chi connectivity index (χ0) is 12.8. The van der Waals surface area contributed by atoms with Gasteiger partial charge < -0.3 is 0 Å². The van der Waals surface area contributed by atoms with Gasteiger partial charge >= 0.3 is 12.1 Å². The van der Waals surface area contributed by atoms with Gasteiger partial charge in [0.2, 0.25) is 0 Å². The summed E-state index contributed by atoms with van der Waals surface area (Å²) in [4.78, 5) is 0. The van der Waals surface area contributed by atoms with Crippen LogP contribution in [0.2, 0.25) is 0 Å². The Bertz CT molecular complexity index is 232. The summed E-state index contributed by atoms with van der Waals surface area (Å²) in [6.07, 6.45) is -4.10. The van der Waals surface area contributed by atoms with Crippen LogP contribution in [0.5, 0.6) is 0 Å². The average molecular weight is 261 g/mol. The van der Waals surface area contributed by atoms with Crippen LogP contribution in [0.15, 0.2) is 11.6 Å². The molecule has 0 fully saturated rings. The number of rotatable bonds is 6. The molecule has 0 aromatic rings. The van der Waals surface area contributed by atoms with Gasteiger partial charge in [-0.05, 0) is 12.8 Å². The minimum Gasteiger partial charge on any atom is -0.191 e. The Hall–Kier alpha value is -0.260. The molecule has 0 aromatic carbocycles. The highest BCUT2D eigenvalue weighted by Crippen LogP contribution is 2.42. The Kier molecular flexibility index (Phi) is 6.36. The lowest BCUT2D eigenvalue weighted by Gasteiger charge is -2.21. The highest BCUT2D eigenvalue weighted by atomic mass is 32.2. The van der Waals surface area contributed by atoms with E-state index in [1.54, 1.807) is 5.75 Å². The van der Waals surface area contributed by atoms with Crippen molar-refractivity contribution < 1.29 is 22.0 Å². The maximum absolute atomic E-state index is 12.9. The molecule has 1 radical (unpaired) electrons. The molecule has 0 saturated heterocycles. The van der Waals surface area contributed by atoms with E-state index in [2.05, 4.69) is 0 Å². The summed E-state index contributed by atoms with van der Waals surface area (Å²) in [5.41, 5.74) is -0.864. The topological polar surface area (TPSA) is 0 Å². The second-order valence-electron chi connectivity index (χ2n) is 3.06. The molecule has 0 unspecified atom stereocenters. The lowest BCUT2D eigenvalue weighted by atomic mass is 10.1. The predicted molar refractivity (Wildman–Crippen MR) is 56.4 cm³/mol. The van der Waals surface area contributed by atoms with Gasteiger partial charge in [-0.1, -0.05) is 19.9 Å². The molecule has 0 rings (SSSR count). The number of allylic oxidation sites excluding steroid dienone is 1. The van der Waals surface area contributed by atoms with Gasteiger partial charge in [0.05, 0.1) is 0 Å². The zero-order valence-electron chi connectivity index (χ0n) is 9.07. The third kappa shape index (κ3) is 4.31. The van der Waals surface area contributed by atoms with Crippen molar-refractivity contribution in [2.45, 2.75) is 38.8 Å². The number of alkyl halides is 5. The molecule has 95 valence electrons. The van der Waals surface area contributed by atoms with Crippen molar-refractivity contribution in [2.75, 3.05) is 5.75 Å². The molecular weight excluding hydrogens is 247 g/mol. The molecule has 0 atom stereocenters. The lowest BCUT2D eigenvalue weighted by Crippen LogP contribution is -2.38. The Morgan fingerprint density at radius 3 is 2.06 bits per heavy atom. The first kappa shape index (κ1) is 15.7. The van der Waals surface area contributed by atoms with Crippen LogP contribution in [0.4, 0.5) is 22.0 Å². The monoisotopic (exact) mass is 261 g/mol. The number of halogens is 5. The Morgan fingerprint density at radius 2 is 1.69 bits per heavy atom. The highest BCUT2D eigenvalue weighted by Gasteiger charge is 2.59. The first-order valence-electron chi connectivity index (χ1n) is 4.84. The molecule has 0 amide bonds. The molecular formula is C10H14F5S. The summed E-state index contributed by atoms with van der Waals surface area (Å²) in [7, 11) is 0. The number of hydrogen-bond acceptors (Lipinski definition) is 1. The molecule has 0 bridgehead atoms. The maximum atomic E-state index is 12.9. The molecule has 0 aromatic heterocycles. The summed E-state index contributed by atoms with van der Waals surface area (Å²) < 4.78 is 61.9. The summed E-state index contributed by atoms with van der Waals surface area (Å²) in [5.74, 6) is -2.81. The van der Waals surface area contributed by atoms with Gasteiger partial charge in [0.1, 0.15) is 0 Å². The van der Waals surface area contributed by atoms with Crippen LogP contribution >= 0.6 is 11.8 Å². The second-order valence-corrected chi connectivity index (χ2v) is 4.06. The summed E-state index contributed by atoms with van der Waals surface area (Å²) >= 11 is 1.22. The van der Waals surface area contributed by atoms with Crippen LogP contribution in [0.1, 0.15) is 26.7 Å². The first-order valence-corrected chi connectivity index (χ1v) is 5.89. The fraction of sp³-hybridized carbons (Fsp3) is 0.700. The van der Waals surface area contributed by atoms with Crippen molar-refractivity contribution in [3.05, 3.63) is 17.4 Å². The third-order valence-corrected chi connectivity index (χ3v) is 2.78. The fourth-order valence-electron chi connectivity index (χ4n) is 1.01. The molecule has 0 nitrogen and oxygen atoms in total. The van der Waals surface area contributed by atoms with Gasteiger partial charge in [-0.25, -0.2) is 0 Å². The summed E-state index contributed by atoms with van der Waals surface area (Å²) in [5, 5.41) is 0. The maximum Gasteiger partial charge on any atom is 0.457 e. The Morgan fingerprint density at radius 1 is 1.12 bits per heavy atom. The van der Waals surface area contributed by atoms with Crippen LogP contribution in [0.25, 0.3) is 0 Å². The SMILES string of the molecule is CC[CH]SC/C=C(\CC)C(F)(F)C(F)(F)F. The third-order valence-electron chi connectivity index (χ3n) is 1.85. The van der Waals surface area contributed by atoms with Crippen LogP contribution < -0.4 is 0 Å². The van der Waals surface area contributed by atoms with Crippen LogP contribution in [-0.2, 0) is 0 Å². The smallest absolute Gasteiger partial charge is 0.191 e. The molecule has 0 aliphatic heterocycles. The quantitative estimate of drug-likeness (QED) is 0.375. The highest BCUT2D eigenvalue weighted by molar-refractivity contribution is 8.01. The van der Waals surface area contributed by atoms with Crippen molar-refractivity contribution in [1.82, 2.24) is 0 Å². The van der Waals surface area contributed by atoms with Crippen molar-refractivity contribution in [2.24, 2.45) is 0 Å². The average Bonchev–Trinajstić information content (AvgIpc) is 2.16. The van der Waals surface area contributed by atoms with E-state index in [1.807, 2.05) is 6.92 Å². The van der Waals surface area contributed by atoms with Crippen LogP contribution in [-0.4, -0.2) is 17.9 Å². The molecule has 16 heavy (non-hydrogen) atoms. The van der Waals surface area contributed by atoms with E-state index in [0.29, 0.717) is 0 Å². The van der Waals surface area contributed by atoms with Crippen LogP contribution in [0.3, 0.4) is 0 Å². The van der Waals surface area contributed by atoms with Crippen molar-refractivity contribution >= 4 is 11.8 Å². The van der Waals surface area contributed by atoms with Crippen LogP contribution in [0, 0.1) is 5.75 Å². The van der Waals surface area contributed by atoms with Gasteiger partial charge in [0, 0.05) is 17.1 Å². The van der Waals surface area contributed by atoms with E-state index >= 15 is 0 Å². The summed E-state index contributed by atoms with van der Waals surface area (Å²) in [6, 6.07) is 0. The first-order chi connectivity index (χ1) is 7.27. The van der Waals surface area contributed by atoms with Gasteiger partial charge in [0.25, 0.3) is 0 Å². The lowest BCUT2D eigenvalue weighted by molar-refractivity contribution is -0.265. The van der Waals surface area contributed by atoms with Gasteiger partial charge in [-0.2, -0.15) is 33.7 Å². The normalized spacial score (nSPS) is 14.3. The minimum absolute atomic E-state index is 0.142. The van der Waals surface area contributed by atoms with E-state index in [-0.39, 0.29) is 12.2 Å². The fourth-order valence-corrected chi connectivity index (χ4v) is 1.68. The van der Waals surface area contributed by atoms with E-state index in [9.17, 15) is 22.0 Å². The van der Waals surface area contributed by atoms with Gasteiger partial charge in [-0.15, -0.1) is 0 Å². The van der Waals surface area contributed by atoms with E-state index in [0.717, 1.165) is 12.5 Å². The number of hydrogen-bond donors (Lipinski definition) is 0. The van der Waals surface area contributed by atoms with Crippen molar-refractivity contribution in [1.29, 1.82) is 0 Å². The largest absolute Gasteiger partial charge is 0.457 e. The molecule has 0 N–H and O–H groups in total. The van der Waals surface area contributed by atoms with Crippen molar-refractivity contribution in [3.8, 4) is 0 Å². The molecule has 0 aliphatic carbocycles. The van der Waals surface area contributed by atoms with Crippen molar-refractivity contribution in [3.63, 3.8) is 0 Å². The molecule has 0 heterocycles. The zero-order valence-corrected chi connectivity index (χ0v) is 9.89. The Labute approximate surface area is 96.3 Å². The van der Waals surface area contributed by atoms with E-state index in [1.165, 1.54) is 18.7 Å². The Balaban J connectivity index is 4.59. The van der Waals surface area contributed by atoms with E-state index < -0.39 is 17.7 Å². The predicted octanol–water partition coefficient (Wildman–Crippen LogP) is 4.83. The molecule has 0 saturated carbocycles. The second kappa shape index (κ2) is 6.47.